The Labute approximate surface area is 426 Å². The minimum absolute atomic E-state index is 0.0991. The average Bonchev–Trinajstić information content (AvgIpc) is 3.35. The van der Waals surface area contributed by atoms with Crippen LogP contribution < -0.4 is 0 Å². The molecule has 0 unspecified atom stereocenters. The first kappa shape index (κ1) is 65.3. The number of carbonyl (C=O) groups is 3. The molecule has 0 aliphatic heterocycles. The molecule has 0 spiro atoms. The maximum Gasteiger partial charge on any atom is 0.306 e. The number of ether oxygens (including phenoxy) is 3. The predicted molar refractivity (Wildman–Crippen MR) is 297 cm³/mol. The molecular formula is C63H106O6. The molecule has 6 heteroatoms. The lowest BCUT2D eigenvalue weighted by molar-refractivity contribution is -0.167. The van der Waals surface area contributed by atoms with E-state index in [1.165, 1.54) is 103 Å². The number of hydrogen-bond donors (Lipinski definition) is 0. The predicted octanol–water partition coefficient (Wildman–Crippen LogP) is 19.3. The maximum absolute atomic E-state index is 12.9. The minimum Gasteiger partial charge on any atom is -0.462 e. The molecule has 0 aliphatic rings. The van der Waals surface area contributed by atoms with Crippen LogP contribution in [0.25, 0.3) is 0 Å². The molecule has 0 aromatic carbocycles. The molecule has 0 heterocycles. The Morgan fingerprint density at radius 1 is 0.290 bits per heavy atom. The quantitative estimate of drug-likeness (QED) is 0.0262. The highest BCUT2D eigenvalue weighted by molar-refractivity contribution is 5.71. The van der Waals surface area contributed by atoms with Crippen LogP contribution in [0.4, 0.5) is 0 Å². The molecule has 0 bridgehead atoms. The van der Waals surface area contributed by atoms with Gasteiger partial charge in [0.15, 0.2) is 6.10 Å². The zero-order valence-electron chi connectivity index (χ0n) is 45.0. The molecule has 69 heavy (non-hydrogen) atoms. The molecule has 0 N–H and O–H groups in total. The van der Waals surface area contributed by atoms with Crippen LogP contribution in [0.15, 0.2) is 97.2 Å². The van der Waals surface area contributed by atoms with E-state index >= 15 is 0 Å². The number of rotatable bonds is 51. The van der Waals surface area contributed by atoms with Crippen LogP contribution in [0.1, 0.15) is 265 Å². The Kier molecular flexibility index (Phi) is 53.9. The van der Waals surface area contributed by atoms with Crippen molar-refractivity contribution in [1.82, 2.24) is 0 Å². The van der Waals surface area contributed by atoms with E-state index in [2.05, 4.69) is 118 Å². The largest absolute Gasteiger partial charge is 0.462 e. The van der Waals surface area contributed by atoms with E-state index in [9.17, 15) is 14.4 Å². The van der Waals surface area contributed by atoms with Gasteiger partial charge in [-0.3, -0.25) is 14.4 Å². The lowest BCUT2D eigenvalue weighted by atomic mass is 10.1. The summed E-state index contributed by atoms with van der Waals surface area (Å²) in [6.07, 6.45) is 75.3. The van der Waals surface area contributed by atoms with Gasteiger partial charge in [-0.2, -0.15) is 0 Å². The fraction of sp³-hybridized carbons (Fsp3) is 0.698. The molecule has 6 nitrogen and oxygen atoms in total. The highest BCUT2D eigenvalue weighted by Crippen LogP contribution is 2.14. The van der Waals surface area contributed by atoms with Crippen molar-refractivity contribution in [2.24, 2.45) is 0 Å². The molecule has 0 saturated carbocycles. The van der Waals surface area contributed by atoms with Crippen molar-refractivity contribution in [2.75, 3.05) is 13.2 Å². The minimum atomic E-state index is -0.802. The van der Waals surface area contributed by atoms with E-state index in [1.807, 2.05) is 0 Å². The summed E-state index contributed by atoms with van der Waals surface area (Å²) in [5.74, 6) is -0.949. The van der Waals surface area contributed by atoms with Crippen molar-refractivity contribution in [3.05, 3.63) is 97.2 Å². The van der Waals surface area contributed by atoms with Crippen molar-refractivity contribution < 1.29 is 28.6 Å². The van der Waals surface area contributed by atoms with E-state index in [-0.39, 0.29) is 31.1 Å². The van der Waals surface area contributed by atoms with Gasteiger partial charge in [0.05, 0.1) is 0 Å². The van der Waals surface area contributed by atoms with Crippen LogP contribution in [0, 0.1) is 0 Å². The third kappa shape index (κ3) is 55.1. The van der Waals surface area contributed by atoms with E-state index < -0.39 is 6.10 Å². The van der Waals surface area contributed by atoms with Gasteiger partial charge in [0, 0.05) is 19.3 Å². The molecule has 0 fully saturated rings. The first-order chi connectivity index (χ1) is 34.0. The smallest absolute Gasteiger partial charge is 0.306 e. The SMILES string of the molecule is CCCCC/C=C/C/C=C/C/C=C/C/C=C/CCCCCC(=O)OC[C@@H](COC(=O)CCCCCCC/C=C/C/C=C/CCCCC)OC(=O)CCCCCCCCC/C=C/C/C=C/CCCCC. The van der Waals surface area contributed by atoms with E-state index in [0.29, 0.717) is 19.3 Å². The van der Waals surface area contributed by atoms with Crippen molar-refractivity contribution in [3.63, 3.8) is 0 Å². The number of unbranched alkanes of at least 4 members (excludes halogenated alkanes) is 24. The Hall–Kier alpha value is -3.67. The van der Waals surface area contributed by atoms with Gasteiger partial charge in [-0.15, -0.1) is 0 Å². The molecule has 0 amide bonds. The van der Waals surface area contributed by atoms with Gasteiger partial charge in [0.2, 0.25) is 0 Å². The van der Waals surface area contributed by atoms with Crippen molar-refractivity contribution in [2.45, 2.75) is 271 Å². The second kappa shape index (κ2) is 56.9. The number of allylic oxidation sites excluding steroid dienone is 16. The first-order valence-electron chi connectivity index (χ1n) is 28.7. The lowest BCUT2D eigenvalue weighted by Gasteiger charge is -2.18. The Morgan fingerprint density at radius 2 is 0.522 bits per heavy atom. The maximum atomic E-state index is 12.9. The molecule has 0 aliphatic carbocycles. The summed E-state index contributed by atoms with van der Waals surface area (Å²) in [6, 6.07) is 0. The Morgan fingerprint density at radius 3 is 0.826 bits per heavy atom. The highest BCUT2D eigenvalue weighted by Gasteiger charge is 2.19. The summed E-state index contributed by atoms with van der Waals surface area (Å²) in [5, 5.41) is 0. The molecule has 0 aromatic heterocycles. The highest BCUT2D eigenvalue weighted by atomic mass is 16.6. The number of hydrogen-bond acceptors (Lipinski definition) is 6. The summed E-state index contributed by atoms with van der Waals surface area (Å²) in [6.45, 7) is 6.52. The van der Waals surface area contributed by atoms with Crippen LogP contribution in [0.5, 0.6) is 0 Å². The molecule has 0 saturated heterocycles. The van der Waals surface area contributed by atoms with E-state index in [1.54, 1.807) is 0 Å². The Bertz CT molecular complexity index is 1380. The van der Waals surface area contributed by atoms with Gasteiger partial charge < -0.3 is 14.2 Å². The van der Waals surface area contributed by atoms with Crippen LogP contribution in [-0.4, -0.2) is 37.2 Å². The standard InChI is InChI=1S/C63H106O6/c1-4-7-10-13-16-19-22-25-28-30-31-33-35-38-41-44-47-50-53-56-62(65)68-59-60(58-67-61(64)55-52-49-46-43-40-37-34-27-24-21-18-15-12-9-6-3)69-63(66)57-54-51-48-45-42-39-36-32-29-26-23-20-17-14-11-8-5-2/h16-21,25-29,31,33-34,38,41,60H,4-15,22-24,30,32,35-37,39-40,42-59H2,1-3H3/b19-16+,20-17+,21-18+,28-25+,29-26+,33-31+,34-27+,41-38+/t60-/m1/s1. The third-order valence-corrected chi connectivity index (χ3v) is 12.0. The van der Waals surface area contributed by atoms with Crippen molar-refractivity contribution >= 4 is 17.9 Å². The zero-order valence-corrected chi connectivity index (χ0v) is 45.0. The van der Waals surface area contributed by atoms with E-state index in [0.717, 1.165) is 122 Å². The zero-order chi connectivity index (χ0) is 50.0. The van der Waals surface area contributed by atoms with Crippen LogP contribution >= 0.6 is 0 Å². The lowest BCUT2D eigenvalue weighted by Crippen LogP contribution is -2.30. The molecule has 1 atom stereocenters. The van der Waals surface area contributed by atoms with Crippen LogP contribution in [-0.2, 0) is 28.6 Å². The molecule has 394 valence electrons. The molecule has 0 radical (unpaired) electrons. The topological polar surface area (TPSA) is 78.9 Å². The molecule has 0 rings (SSSR count). The molecule has 0 aromatic rings. The van der Waals surface area contributed by atoms with Crippen LogP contribution in [0.3, 0.4) is 0 Å². The summed E-state index contributed by atoms with van der Waals surface area (Å²) >= 11 is 0. The second-order valence-electron chi connectivity index (χ2n) is 18.8. The summed E-state index contributed by atoms with van der Waals surface area (Å²) in [4.78, 5) is 38.2. The first-order valence-corrected chi connectivity index (χ1v) is 28.7. The normalized spacial score (nSPS) is 12.8. The third-order valence-electron chi connectivity index (χ3n) is 12.0. The van der Waals surface area contributed by atoms with Gasteiger partial charge in [-0.05, 0) is 128 Å². The van der Waals surface area contributed by atoms with Crippen LogP contribution in [0.2, 0.25) is 0 Å². The summed E-state index contributed by atoms with van der Waals surface area (Å²) < 4.78 is 16.8. The van der Waals surface area contributed by atoms with Gasteiger partial charge in [0.1, 0.15) is 13.2 Å². The Balaban J connectivity index is 4.49. The van der Waals surface area contributed by atoms with Crippen molar-refractivity contribution in [1.29, 1.82) is 0 Å². The average molecular weight is 960 g/mol. The summed E-state index contributed by atoms with van der Waals surface area (Å²) in [7, 11) is 0. The number of carbonyl (C=O) groups excluding carboxylic acids is 3. The van der Waals surface area contributed by atoms with Gasteiger partial charge in [-0.1, -0.05) is 214 Å². The van der Waals surface area contributed by atoms with Gasteiger partial charge in [-0.25, -0.2) is 0 Å². The van der Waals surface area contributed by atoms with Crippen molar-refractivity contribution in [3.8, 4) is 0 Å². The van der Waals surface area contributed by atoms with E-state index in [4.69, 9.17) is 14.2 Å². The second-order valence-corrected chi connectivity index (χ2v) is 18.8. The van der Waals surface area contributed by atoms with Gasteiger partial charge in [0.25, 0.3) is 0 Å². The van der Waals surface area contributed by atoms with Gasteiger partial charge >= 0.3 is 17.9 Å². The monoisotopic (exact) mass is 959 g/mol. The summed E-state index contributed by atoms with van der Waals surface area (Å²) in [5.41, 5.74) is 0. The fourth-order valence-corrected chi connectivity index (χ4v) is 7.66. The fourth-order valence-electron chi connectivity index (χ4n) is 7.66. The molecular weight excluding hydrogens is 853 g/mol. The number of esters is 3.